The second-order valence-electron chi connectivity index (χ2n) is 3.25. The van der Waals surface area contributed by atoms with E-state index in [9.17, 15) is 9.59 Å². The van der Waals surface area contributed by atoms with Crippen LogP contribution in [0.3, 0.4) is 0 Å². The van der Waals surface area contributed by atoms with E-state index in [-0.39, 0.29) is 24.3 Å². The van der Waals surface area contributed by atoms with Crippen molar-refractivity contribution in [2.24, 2.45) is 0 Å². The molecule has 0 atom stereocenters. The van der Waals surface area contributed by atoms with Crippen molar-refractivity contribution in [3.63, 3.8) is 0 Å². The molecule has 17 heavy (non-hydrogen) atoms. The lowest BCUT2D eigenvalue weighted by Crippen LogP contribution is -2.09. The van der Waals surface area contributed by atoms with E-state index in [1.807, 2.05) is 0 Å². The first-order valence-electron chi connectivity index (χ1n) is 4.74. The Hall–Kier alpha value is -2.08. The molecule has 1 rings (SSSR count). The molecule has 6 heteroatoms. The molecule has 6 nitrogen and oxygen atoms in total. The number of carboxylic acids is 2. The van der Waals surface area contributed by atoms with E-state index in [0.29, 0.717) is 5.75 Å². The van der Waals surface area contributed by atoms with Crippen molar-refractivity contribution < 1.29 is 29.3 Å². The number of ether oxygens (including phenoxy) is 2. The fourth-order valence-corrected chi connectivity index (χ4v) is 1.29. The van der Waals surface area contributed by atoms with E-state index >= 15 is 0 Å². The van der Waals surface area contributed by atoms with Gasteiger partial charge in [-0.1, -0.05) is 6.07 Å². The third kappa shape index (κ3) is 3.76. The lowest BCUT2D eigenvalue weighted by molar-refractivity contribution is -0.136. The van der Waals surface area contributed by atoms with Crippen LogP contribution in [0, 0.1) is 0 Å². The van der Waals surface area contributed by atoms with Gasteiger partial charge in [0.25, 0.3) is 0 Å². The van der Waals surface area contributed by atoms with E-state index in [1.54, 1.807) is 0 Å². The van der Waals surface area contributed by atoms with Crippen LogP contribution in [0.25, 0.3) is 0 Å². The van der Waals surface area contributed by atoms with Gasteiger partial charge < -0.3 is 19.7 Å². The average Bonchev–Trinajstić information content (AvgIpc) is 2.26. The van der Waals surface area contributed by atoms with Crippen LogP contribution in [0.15, 0.2) is 18.2 Å². The molecule has 0 bridgehead atoms. The second-order valence-corrected chi connectivity index (χ2v) is 3.25. The zero-order valence-electron chi connectivity index (χ0n) is 9.17. The molecule has 1 aromatic rings. The molecule has 0 fully saturated rings. The SMILES string of the molecule is COCOc1ccc(CC(=O)O)c(C(=O)O)c1. The summed E-state index contributed by atoms with van der Waals surface area (Å²) >= 11 is 0. The summed E-state index contributed by atoms with van der Waals surface area (Å²) in [6.07, 6.45) is -0.341. The second kappa shape index (κ2) is 5.86. The van der Waals surface area contributed by atoms with Gasteiger partial charge in [-0.2, -0.15) is 0 Å². The zero-order valence-corrected chi connectivity index (χ0v) is 9.17. The van der Waals surface area contributed by atoms with Gasteiger partial charge in [0.1, 0.15) is 5.75 Å². The van der Waals surface area contributed by atoms with Crippen LogP contribution in [-0.2, 0) is 16.0 Å². The highest BCUT2D eigenvalue weighted by Crippen LogP contribution is 2.18. The number of carboxylic acid groups (broad SMARTS) is 2. The summed E-state index contributed by atoms with van der Waals surface area (Å²) in [5.74, 6) is -1.96. The van der Waals surface area contributed by atoms with Gasteiger partial charge in [0.15, 0.2) is 6.79 Å². The summed E-state index contributed by atoms with van der Waals surface area (Å²) in [6.45, 7) is -0.00264. The molecule has 0 saturated heterocycles. The van der Waals surface area contributed by atoms with Crippen LogP contribution < -0.4 is 4.74 Å². The monoisotopic (exact) mass is 240 g/mol. The predicted octanol–water partition coefficient (Wildman–Crippen LogP) is 0.995. The van der Waals surface area contributed by atoms with Gasteiger partial charge in [-0.05, 0) is 17.7 Å². The number of rotatable bonds is 6. The Morgan fingerprint density at radius 3 is 2.53 bits per heavy atom. The number of benzene rings is 1. The van der Waals surface area contributed by atoms with Gasteiger partial charge in [0.05, 0.1) is 12.0 Å². The Morgan fingerprint density at radius 1 is 1.29 bits per heavy atom. The summed E-state index contributed by atoms with van der Waals surface area (Å²) in [7, 11) is 1.44. The smallest absolute Gasteiger partial charge is 0.336 e. The summed E-state index contributed by atoms with van der Waals surface area (Å²) < 4.78 is 9.75. The van der Waals surface area contributed by atoms with Gasteiger partial charge in [-0.15, -0.1) is 0 Å². The molecule has 0 unspecified atom stereocenters. The standard InChI is InChI=1S/C11H12O6/c1-16-6-17-8-3-2-7(4-10(12)13)9(5-8)11(14)15/h2-3,5H,4,6H2,1H3,(H,12,13)(H,14,15). The van der Waals surface area contributed by atoms with Crippen molar-refractivity contribution in [2.45, 2.75) is 6.42 Å². The Balaban J connectivity index is 2.99. The first-order chi connectivity index (χ1) is 8.04. The van der Waals surface area contributed by atoms with Crippen LogP contribution in [0.2, 0.25) is 0 Å². The predicted molar refractivity (Wildman–Crippen MR) is 57.2 cm³/mol. The number of carbonyl (C=O) groups is 2. The Morgan fingerprint density at radius 2 is 2.00 bits per heavy atom. The molecule has 0 amide bonds. The number of hydrogen-bond donors (Lipinski definition) is 2. The Kier molecular flexibility index (Phi) is 4.47. The Labute approximate surface area is 97.4 Å². The molecular formula is C11H12O6. The maximum absolute atomic E-state index is 10.9. The summed E-state index contributed by atoms with van der Waals surface area (Å²) in [6, 6.07) is 4.20. The first kappa shape index (κ1) is 13.0. The highest BCUT2D eigenvalue weighted by atomic mass is 16.7. The van der Waals surface area contributed by atoms with E-state index < -0.39 is 11.9 Å². The lowest BCUT2D eigenvalue weighted by Gasteiger charge is -2.08. The molecule has 0 aliphatic heterocycles. The minimum absolute atomic E-state index is 0.00264. The van der Waals surface area contributed by atoms with Crippen LogP contribution in [0.5, 0.6) is 5.75 Å². The van der Waals surface area contributed by atoms with Crippen LogP contribution in [0.4, 0.5) is 0 Å². The molecule has 0 aromatic heterocycles. The first-order valence-corrected chi connectivity index (χ1v) is 4.74. The third-order valence-electron chi connectivity index (χ3n) is 2.00. The van der Waals surface area contributed by atoms with E-state index in [2.05, 4.69) is 4.74 Å². The highest BCUT2D eigenvalue weighted by Gasteiger charge is 2.13. The maximum atomic E-state index is 10.9. The zero-order chi connectivity index (χ0) is 12.8. The quantitative estimate of drug-likeness (QED) is 0.720. The van der Waals surface area contributed by atoms with Crippen LogP contribution in [0.1, 0.15) is 15.9 Å². The van der Waals surface area contributed by atoms with Gasteiger partial charge in [-0.3, -0.25) is 4.79 Å². The van der Waals surface area contributed by atoms with Gasteiger partial charge in [-0.25, -0.2) is 4.79 Å². The fraction of sp³-hybridized carbons (Fsp3) is 0.273. The molecule has 92 valence electrons. The van der Waals surface area contributed by atoms with E-state index in [0.717, 1.165) is 0 Å². The number of methoxy groups -OCH3 is 1. The van der Waals surface area contributed by atoms with Crippen molar-refractivity contribution in [3.8, 4) is 5.75 Å². The molecule has 0 radical (unpaired) electrons. The molecule has 1 aromatic carbocycles. The molecule has 2 N–H and O–H groups in total. The molecular weight excluding hydrogens is 228 g/mol. The number of aliphatic carboxylic acids is 1. The minimum atomic E-state index is -1.19. The third-order valence-corrected chi connectivity index (χ3v) is 2.00. The van der Waals surface area contributed by atoms with Crippen molar-refractivity contribution >= 4 is 11.9 Å². The summed E-state index contributed by atoms with van der Waals surface area (Å²) in [4.78, 5) is 21.5. The van der Waals surface area contributed by atoms with Crippen molar-refractivity contribution in [1.82, 2.24) is 0 Å². The average molecular weight is 240 g/mol. The van der Waals surface area contributed by atoms with Gasteiger partial charge >= 0.3 is 11.9 Å². The molecule has 0 saturated carbocycles. The maximum Gasteiger partial charge on any atom is 0.336 e. The van der Waals surface area contributed by atoms with Crippen molar-refractivity contribution in [3.05, 3.63) is 29.3 Å². The molecule has 0 aliphatic rings. The van der Waals surface area contributed by atoms with E-state index in [4.69, 9.17) is 14.9 Å². The normalized spacial score (nSPS) is 9.94. The Bertz CT molecular complexity index is 426. The molecule has 0 heterocycles. The molecule has 0 aliphatic carbocycles. The van der Waals surface area contributed by atoms with Crippen LogP contribution >= 0.6 is 0 Å². The lowest BCUT2D eigenvalue weighted by atomic mass is 10.0. The van der Waals surface area contributed by atoms with Crippen molar-refractivity contribution in [1.29, 1.82) is 0 Å². The number of aromatic carboxylic acids is 1. The van der Waals surface area contributed by atoms with Crippen LogP contribution in [-0.4, -0.2) is 36.1 Å². The topological polar surface area (TPSA) is 93.1 Å². The highest BCUT2D eigenvalue weighted by molar-refractivity contribution is 5.91. The van der Waals surface area contributed by atoms with Gasteiger partial charge in [0.2, 0.25) is 0 Å². The largest absolute Gasteiger partial charge is 0.481 e. The summed E-state index contributed by atoms with van der Waals surface area (Å²) in [5.41, 5.74) is 0.149. The fourth-order valence-electron chi connectivity index (χ4n) is 1.29. The van der Waals surface area contributed by atoms with E-state index in [1.165, 1.54) is 25.3 Å². The van der Waals surface area contributed by atoms with Gasteiger partial charge in [0, 0.05) is 7.11 Å². The molecule has 0 spiro atoms. The number of hydrogen-bond acceptors (Lipinski definition) is 4. The summed E-state index contributed by atoms with van der Waals surface area (Å²) in [5, 5.41) is 17.6. The van der Waals surface area contributed by atoms with Crippen molar-refractivity contribution in [2.75, 3.05) is 13.9 Å². The minimum Gasteiger partial charge on any atom is -0.481 e.